The molecule has 0 fully saturated rings. The first-order valence-corrected chi connectivity index (χ1v) is 9.25. The molecule has 0 radical (unpaired) electrons. The van der Waals surface area contributed by atoms with Crippen LogP contribution in [0, 0.1) is 12.8 Å². The highest BCUT2D eigenvalue weighted by Gasteiger charge is 2.33. The zero-order valence-electron chi connectivity index (χ0n) is 15.5. The van der Waals surface area contributed by atoms with Crippen LogP contribution in [0.15, 0.2) is 36.5 Å². The van der Waals surface area contributed by atoms with E-state index in [1.807, 2.05) is 42.1 Å². The third kappa shape index (κ3) is 2.87. The maximum absolute atomic E-state index is 12.5. The van der Waals surface area contributed by atoms with Crippen LogP contribution < -0.4 is 5.32 Å². The fourth-order valence-electron chi connectivity index (χ4n) is 3.84. The molecule has 0 aliphatic carbocycles. The highest BCUT2D eigenvalue weighted by Crippen LogP contribution is 2.41. The van der Waals surface area contributed by atoms with Crippen LogP contribution in [0.1, 0.15) is 49.4 Å². The van der Waals surface area contributed by atoms with Crippen molar-refractivity contribution in [3.8, 4) is 0 Å². The summed E-state index contributed by atoms with van der Waals surface area (Å²) < 4.78 is 1.97. The molecule has 3 aromatic rings. The molecular weight excluding hydrogens is 324 g/mol. The number of carbonyl (C=O) groups is 1. The molecule has 1 N–H and O–H groups in total. The number of nitrogens with one attached hydrogen (secondary N) is 1. The highest BCUT2D eigenvalue weighted by molar-refractivity contribution is 5.96. The second kappa shape index (κ2) is 6.56. The van der Waals surface area contributed by atoms with Crippen LogP contribution in [-0.2, 0) is 11.3 Å². The molecule has 1 aliphatic rings. The lowest BCUT2D eigenvalue weighted by atomic mass is 9.84. The van der Waals surface area contributed by atoms with E-state index >= 15 is 0 Å². The van der Waals surface area contributed by atoms with E-state index in [1.54, 1.807) is 0 Å². The number of aromatic nitrogens is 3. The Bertz CT molecular complexity index is 968. The average Bonchev–Trinajstić information content (AvgIpc) is 2.94. The van der Waals surface area contributed by atoms with Gasteiger partial charge in [-0.05, 0) is 37.0 Å². The van der Waals surface area contributed by atoms with Gasteiger partial charge >= 0.3 is 0 Å². The molecule has 1 unspecified atom stereocenters. The smallest absolute Gasteiger partial charge is 0.226 e. The van der Waals surface area contributed by atoms with E-state index in [-0.39, 0.29) is 11.8 Å². The van der Waals surface area contributed by atoms with Gasteiger partial charge in [0.2, 0.25) is 5.91 Å². The number of fused-ring (bicyclic) bond motifs is 2. The van der Waals surface area contributed by atoms with Crippen molar-refractivity contribution in [3.05, 3.63) is 53.3 Å². The zero-order chi connectivity index (χ0) is 18.3. The molecule has 1 aliphatic heterocycles. The number of amides is 1. The Kier molecular flexibility index (Phi) is 4.23. The van der Waals surface area contributed by atoms with E-state index < -0.39 is 0 Å². The van der Waals surface area contributed by atoms with E-state index in [2.05, 4.69) is 30.2 Å². The number of carbonyl (C=O) groups excluding carboxylic acids is 1. The van der Waals surface area contributed by atoms with Crippen LogP contribution in [-0.4, -0.2) is 20.7 Å². The number of nitrogens with zero attached hydrogens (tertiary/aromatic N) is 3. The monoisotopic (exact) mass is 348 g/mol. The number of hydrogen-bond donors (Lipinski definition) is 1. The lowest BCUT2D eigenvalue weighted by molar-refractivity contribution is -0.116. The summed E-state index contributed by atoms with van der Waals surface area (Å²) in [6.45, 7) is 7.26. The lowest BCUT2D eigenvalue weighted by Crippen LogP contribution is -2.25. The van der Waals surface area contributed by atoms with Gasteiger partial charge in [-0.25, -0.2) is 4.68 Å². The number of pyridine rings is 1. The minimum absolute atomic E-state index is 0.0134. The van der Waals surface area contributed by atoms with Crippen molar-refractivity contribution in [3.63, 3.8) is 0 Å². The van der Waals surface area contributed by atoms with Crippen LogP contribution in [0.3, 0.4) is 0 Å². The Labute approximate surface area is 153 Å². The predicted octanol–water partition coefficient (Wildman–Crippen LogP) is 4.26. The quantitative estimate of drug-likeness (QED) is 0.766. The number of hydrogen-bond acceptors (Lipinski definition) is 3. The fourth-order valence-corrected chi connectivity index (χ4v) is 3.84. The van der Waals surface area contributed by atoms with Gasteiger partial charge in [-0.3, -0.25) is 9.78 Å². The third-order valence-corrected chi connectivity index (χ3v) is 5.15. The minimum Gasteiger partial charge on any atom is -0.311 e. The van der Waals surface area contributed by atoms with Crippen molar-refractivity contribution in [1.82, 2.24) is 14.8 Å². The van der Waals surface area contributed by atoms with E-state index in [4.69, 9.17) is 5.10 Å². The second-order valence-electron chi connectivity index (χ2n) is 7.48. The molecule has 0 saturated carbocycles. The summed E-state index contributed by atoms with van der Waals surface area (Å²) >= 11 is 0. The molecule has 5 heteroatoms. The lowest BCUT2D eigenvalue weighted by Gasteiger charge is -2.25. The standard InChI is InChI=1S/C21H24N4O/c1-13(2)9-11-25-21-20(14(3)24-25)17(12-19(26)23-21)15-8-10-22-18-7-5-4-6-16(15)18/h4-8,10,13,17H,9,11-12H2,1-3H3,(H,23,26). The van der Waals surface area contributed by atoms with Gasteiger partial charge in [0.05, 0.1) is 11.2 Å². The maximum Gasteiger partial charge on any atom is 0.226 e. The first-order chi connectivity index (χ1) is 12.5. The van der Waals surface area contributed by atoms with Crippen molar-refractivity contribution in [1.29, 1.82) is 0 Å². The molecule has 1 atom stereocenters. The Morgan fingerprint density at radius 3 is 2.88 bits per heavy atom. The average molecular weight is 348 g/mol. The molecule has 134 valence electrons. The summed E-state index contributed by atoms with van der Waals surface area (Å²) in [5, 5.41) is 8.91. The van der Waals surface area contributed by atoms with Gasteiger partial charge in [-0.2, -0.15) is 5.10 Å². The summed E-state index contributed by atoms with van der Waals surface area (Å²) in [5.41, 5.74) is 4.25. The van der Waals surface area contributed by atoms with E-state index in [1.165, 1.54) is 0 Å². The van der Waals surface area contributed by atoms with Crippen LogP contribution >= 0.6 is 0 Å². The minimum atomic E-state index is 0.0134. The van der Waals surface area contributed by atoms with Gasteiger partial charge in [-0.1, -0.05) is 32.0 Å². The van der Waals surface area contributed by atoms with Crippen LogP contribution in [0.25, 0.3) is 10.9 Å². The first kappa shape index (κ1) is 16.8. The summed E-state index contributed by atoms with van der Waals surface area (Å²) in [7, 11) is 0. The van der Waals surface area contributed by atoms with Crippen LogP contribution in [0.5, 0.6) is 0 Å². The molecule has 1 aromatic carbocycles. The van der Waals surface area contributed by atoms with Crippen molar-refractivity contribution >= 4 is 22.6 Å². The Hall–Kier alpha value is -2.69. The van der Waals surface area contributed by atoms with Crippen molar-refractivity contribution in [2.24, 2.45) is 5.92 Å². The Morgan fingerprint density at radius 1 is 1.27 bits per heavy atom. The molecule has 5 nitrogen and oxygen atoms in total. The number of anilines is 1. The molecule has 3 heterocycles. The Balaban J connectivity index is 1.84. The van der Waals surface area contributed by atoms with Gasteiger partial charge < -0.3 is 5.32 Å². The number of benzene rings is 1. The molecule has 4 rings (SSSR count). The van der Waals surface area contributed by atoms with Crippen LogP contribution in [0.2, 0.25) is 0 Å². The van der Waals surface area contributed by atoms with Crippen molar-refractivity contribution in [2.45, 2.75) is 46.1 Å². The van der Waals surface area contributed by atoms with Gasteiger partial charge in [0.25, 0.3) is 0 Å². The van der Waals surface area contributed by atoms with E-state index in [9.17, 15) is 4.79 Å². The predicted molar refractivity (Wildman–Crippen MR) is 103 cm³/mol. The molecule has 0 spiro atoms. The SMILES string of the molecule is Cc1nn(CCC(C)C)c2c1C(c1ccnc3ccccc13)CC(=O)N2. The van der Waals surface area contributed by atoms with Gasteiger partial charge in [-0.15, -0.1) is 0 Å². The van der Waals surface area contributed by atoms with E-state index in [0.29, 0.717) is 12.3 Å². The fraction of sp³-hybridized carbons (Fsp3) is 0.381. The largest absolute Gasteiger partial charge is 0.311 e. The number of rotatable bonds is 4. The van der Waals surface area contributed by atoms with E-state index in [0.717, 1.165) is 46.5 Å². The summed E-state index contributed by atoms with van der Waals surface area (Å²) in [6.07, 6.45) is 3.31. The maximum atomic E-state index is 12.5. The molecule has 0 saturated heterocycles. The topological polar surface area (TPSA) is 59.8 Å². The summed E-state index contributed by atoms with van der Waals surface area (Å²) in [4.78, 5) is 16.9. The molecule has 26 heavy (non-hydrogen) atoms. The number of aryl methyl sites for hydroxylation is 2. The van der Waals surface area contributed by atoms with Gasteiger partial charge in [0.15, 0.2) is 0 Å². The molecule has 1 amide bonds. The third-order valence-electron chi connectivity index (χ3n) is 5.15. The van der Waals surface area contributed by atoms with Gasteiger partial charge in [0.1, 0.15) is 5.82 Å². The van der Waals surface area contributed by atoms with Crippen molar-refractivity contribution in [2.75, 3.05) is 5.32 Å². The molecule has 0 bridgehead atoms. The normalized spacial score (nSPS) is 16.8. The summed E-state index contributed by atoms with van der Waals surface area (Å²) in [6, 6.07) is 10.2. The molecular formula is C21H24N4O. The zero-order valence-corrected chi connectivity index (χ0v) is 15.5. The van der Waals surface area contributed by atoms with Crippen molar-refractivity contribution < 1.29 is 4.79 Å². The number of para-hydroxylation sites is 1. The highest BCUT2D eigenvalue weighted by atomic mass is 16.1. The second-order valence-corrected chi connectivity index (χ2v) is 7.48. The van der Waals surface area contributed by atoms with Gasteiger partial charge in [0, 0.05) is 36.0 Å². The summed E-state index contributed by atoms with van der Waals surface area (Å²) in [5.74, 6) is 1.52. The molecule has 2 aromatic heterocycles. The Morgan fingerprint density at radius 2 is 2.08 bits per heavy atom. The van der Waals surface area contributed by atoms with Crippen LogP contribution in [0.4, 0.5) is 5.82 Å². The first-order valence-electron chi connectivity index (χ1n) is 9.25.